The van der Waals surface area contributed by atoms with Gasteiger partial charge in [0.15, 0.2) is 0 Å². The first-order chi connectivity index (χ1) is 35.4. The minimum Gasteiger partial charge on any atom is -0.307 e. The van der Waals surface area contributed by atoms with Gasteiger partial charge in [-0.2, -0.15) is 26.3 Å². The van der Waals surface area contributed by atoms with Crippen LogP contribution in [0.5, 0.6) is 0 Å². The Morgan fingerprint density at radius 1 is 0.278 bits per heavy atom. The molecule has 12 rings (SSSR count). The van der Waals surface area contributed by atoms with E-state index in [1.54, 1.807) is 0 Å². The minimum atomic E-state index is 0.552. The van der Waals surface area contributed by atoms with E-state index in [4.69, 9.17) is 4.98 Å². The molecule has 12 aromatic rings. The maximum Gasteiger partial charge on any atom is 0.138 e. The summed E-state index contributed by atoms with van der Waals surface area (Å²) >= 11 is 0. The zero-order valence-electron chi connectivity index (χ0n) is 38.2. The number of rotatable bonds is 7. The molecular weight excluding hydrogens is 881 g/mol. The zero-order chi connectivity index (χ0) is 48.9. The standard InChI is InChI=1S/C64H34N8/c65-34-40-1-11-45(12-2-40)50-21-25-59-55(29-50)56-30-51(46-13-3-41(35-66)4-14-46)22-26-60(56)71(59)63-39-70-64(33-54(63)49-19-9-44(38-69)10-20-49)72-61-27-23-52(47-15-5-42(36-67)6-16-47)31-57(61)58-32-53(24-28-62(58)72)48-17-7-43(37-68)8-18-48/h1-33,39H. The molecule has 0 aliphatic heterocycles. The largest absolute Gasteiger partial charge is 0.307 e. The van der Waals surface area contributed by atoms with Crippen molar-refractivity contribution < 1.29 is 0 Å². The van der Waals surface area contributed by atoms with E-state index in [0.29, 0.717) is 33.6 Å². The Kier molecular flexibility index (Phi) is 10.3. The van der Waals surface area contributed by atoms with Crippen molar-refractivity contribution in [3.05, 3.63) is 234 Å². The average molecular weight is 915 g/mol. The number of benzene rings is 9. The van der Waals surface area contributed by atoms with Crippen LogP contribution in [0, 0.1) is 56.7 Å². The fourth-order valence-electron chi connectivity index (χ4n) is 9.91. The van der Waals surface area contributed by atoms with Crippen LogP contribution in [0.15, 0.2) is 206 Å². The third-order valence-corrected chi connectivity index (χ3v) is 13.6. The van der Waals surface area contributed by atoms with Crippen molar-refractivity contribution in [3.8, 4) is 97.5 Å². The third-order valence-electron chi connectivity index (χ3n) is 13.6. The summed E-state index contributed by atoms with van der Waals surface area (Å²) in [4.78, 5) is 5.35. The highest BCUT2D eigenvalue weighted by Crippen LogP contribution is 2.42. The number of nitriles is 5. The number of aromatic nitrogens is 3. The van der Waals surface area contributed by atoms with Crippen molar-refractivity contribution >= 4 is 43.6 Å². The van der Waals surface area contributed by atoms with Gasteiger partial charge in [-0.05, 0) is 165 Å². The molecule has 330 valence electrons. The monoisotopic (exact) mass is 914 g/mol. The summed E-state index contributed by atoms with van der Waals surface area (Å²) in [5.74, 6) is 0.697. The first-order valence-corrected chi connectivity index (χ1v) is 23.1. The molecule has 9 aromatic carbocycles. The van der Waals surface area contributed by atoms with Crippen LogP contribution in [-0.2, 0) is 0 Å². The molecule has 0 atom stereocenters. The predicted octanol–water partition coefficient (Wildman–Crippen LogP) is 15.0. The maximum absolute atomic E-state index is 9.88. The molecule has 0 amide bonds. The van der Waals surface area contributed by atoms with E-state index in [-0.39, 0.29) is 0 Å². The van der Waals surface area contributed by atoms with Crippen LogP contribution < -0.4 is 0 Å². The smallest absolute Gasteiger partial charge is 0.138 e. The van der Waals surface area contributed by atoms with Gasteiger partial charge in [-0.1, -0.05) is 84.9 Å². The van der Waals surface area contributed by atoms with Gasteiger partial charge in [-0.25, -0.2) is 4.98 Å². The molecule has 3 heterocycles. The zero-order valence-corrected chi connectivity index (χ0v) is 38.2. The number of pyridine rings is 1. The first kappa shape index (κ1) is 42.5. The normalized spacial score (nSPS) is 11.0. The Balaban J connectivity index is 1.10. The van der Waals surface area contributed by atoms with Gasteiger partial charge < -0.3 is 4.57 Å². The number of fused-ring (bicyclic) bond motifs is 6. The molecule has 0 bridgehead atoms. The first-order valence-electron chi connectivity index (χ1n) is 23.1. The second-order valence-corrected chi connectivity index (χ2v) is 17.6. The third kappa shape index (κ3) is 7.25. The molecule has 3 aromatic heterocycles. The van der Waals surface area contributed by atoms with Gasteiger partial charge >= 0.3 is 0 Å². The molecule has 8 heteroatoms. The summed E-state index contributed by atoms with van der Waals surface area (Å²) in [5, 5.41) is 52.1. The fourth-order valence-corrected chi connectivity index (χ4v) is 9.91. The molecule has 8 nitrogen and oxygen atoms in total. The molecule has 0 unspecified atom stereocenters. The van der Waals surface area contributed by atoms with Crippen molar-refractivity contribution in [2.75, 3.05) is 0 Å². The molecule has 0 aliphatic rings. The van der Waals surface area contributed by atoms with Crippen LogP contribution in [-0.4, -0.2) is 14.1 Å². The minimum absolute atomic E-state index is 0.552. The number of nitrogens with zero attached hydrogens (tertiary/aromatic N) is 8. The highest BCUT2D eigenvalue weighted by Gasteiger charge is 2.22. The lowest BCUT2D eigenvalue weighted by atomic mass is 9.99. The van der Waals surface area contributed by atoms with Crippen LogP contribution >= 0.6 is 0 Å². The van der Waals surface area contributed by atoms with E-state index in [1.165, 1.54) is 0 Å². The van der Waals surface area contributed by atoms with Gasteiger partial charge in [0, 0.05) is 27.1 Å². The summed E-state index contributed by atoms with van der Waals surface area (Å²) in [5.41, 5.74) is 17.4. The SMILES string of the molecule is N#Cc1ccc(-c2ccc3c(c2)c2cc(-c4ccc(C#N)cc4)ccc2n3-c2cc(-c3ccc(C#N)cc3)c(-n3c4ccc(-c5ccc(C#N)cc5)cc4c4cc(-c5ccc(C#N)cc5)ccc43)cn2)cc1. The van der Waals surface area contributed by atoms with Gasteiger partial charge in [-0.3, -0.25) is 4.57 Å². The Hall–Kier alpha value is -10.8. The summed E-state index contributed by atoms with van der Waals surface area (Å²) in [6, 6.07) is 77.2. The van der Waals surface area contributed by atoms with Crippen LogP contribution in [0.25, 0.3) is 111 Å². The second-order valence-electron chi connectivity index (χ2n) is 17.6. The van der Waals surface area contributed by atoms with E-state index >= 15 is 0 Å². The Morgan fingerprint density at radius 2 is 0.542 bits per heavy atom. The Bertz CT molecular complexity index is 4160. The molecule has 0 spiro atoms. The van der Waals surface area contributed by atoms with E-state index in [1.807, 2.05) is 128 Å². The Labute approximate surface area is 413 Å². The van der Waals surface area contributed by atoms with Crippen LogP contribution in [0.2, 0.25) is 0 Å². The van der Waals surface area contributed by atoms with Gasteiger partial charge in [-0.15, -0.1) is 0 Å². The van der Waals surface area contributed by atoms with E-state index in [2.05, 4.69) is 118 Å². The second kappa shape index (κ2) is 17.4. The lowest BCUT2D eigenvalue weighted by molar-refractivity contribution is 1.06. The quantitative estimate of drug-likeness (QED) is 0.156. The van der Waals surface area contributed by atoms with Gasteiger partial charge in [0.05, 0.1) is 92.1 Å². The highest BCUT2D eigenvalue weighted by atomic mass is 15.1. The van der Waals surface area contributed by atoms with Crippen LogP contribution in [0.3, 0.4) is 0 Å². The summed E-state index contributed by atoms with van der Waals surface area (Å²) in [6.45, 7) is 0. The topological polar surface area (TPSA) is 142 Å². The Morgan fingerprint density at radius 3 is 0.833 bits per heavy atom. The lowest BCUT2D eigenvalue weighted by Crippen LogP contribution is -2.03. The summed E-state index contributed by atoms with van der Waals surface area (Å²) < 4.78 is 4.46. The fraction of sp³-hybridized carbons (Fsp3) is 0. The summed E-state index contributed by atoms with van der Waals surface area (Å²) in [7, 11) is 0. The van der Waals surface area contributed by atoms with Crippen molar-refractivity contribution in [2.45, 2.75) is 0 Å². The van der Waals surface area contributed by atoms with E-state index in [9.17, 15) is 26.3 Å². The van der Waals surface area contributed by atoms with Crippen molar-refractivity contribution in [3.63, 3.8) is 0 Å². The van der Waals surface area contributed by atoms with Crippen molar-refractivity contribution in [1.29, 1.82) is 26.3 Å². The average Bonchev–Trinajstić information content (AvgIpc) is 3.96. The molecule has 0 N–H and O–H groups in total. The molecule has 0 saturated carbocycles. The molecule has 0 aliphatic carbocycles. The molecule has 72 heavy (non-hydrogen) atoms. The number of hydrogen-bond acceptors (Lipinski definition) is 6. The van der Waals surface area contributed by atoms with Gasteiger partial charge in [0.25, 0.3) is 0 Å². The predicted molar refractivity (Wildman–Crippen MR) is 284 cm³/mol. The van der Waals surface area contributed by atoms with Crippen molar-refractivity contribution in [2.24, 2.45) is 0 Å². The van der Waals surface area contributed by atoms with Gasteiger partial charge in [0.1, 0.15) is 5.82 Å². The van der Waals surface area contributed by atoms with E-state index < -0.39 is 0 Å². The summed E-state index contributed by atoms with van der Waals surface area (Å²) in [6.07, 6.45) is 1.94. The highest BCUT2D eigenvalue weighted by molar-refractivity contribution is 6.13. The molecular formula is C64H34N8. The maximum atomic E-state index is 9.88. The molecule has 0 fully saturated rings. The van der Waals surface area contributed by atoms with Gasteiger partial charge in [0.2, 0.25) is 0 Å². The van der Waals surface area contributed by atoms with Crippen molar-refractivity contribution in [1.82, 2.24) is 14.1 Å². The molecule has 0 saturated heterocycles. The van der Waals surface area contributed by atoms with E-state index in [0.717, 1.165) is 105 Å². The number of hydrogen-bond donors (Lipinski definition) is 0. The van der Waals surface area contributed by atoms with Crippen LogP contribution in [0.4, 0.5) is 0 Å². The van der Waals surface area contributed by atoms with Crippen LogP contribution in [0.1, 0.15) is 27.8 Å². The lowest BCUT2D eigenvalue weighted by Gasteiger charge is -2.17. The molecule has 0 radical (unpaired) electrons.